The first-order valence-electron chi connectivity index (χ1n) is 5.64. The first kappa shape index (κ1) is 12.5. The summed E-state index contributed by atoms with van der Waals surface area (Å²) in [5, 5.41) is 4.24. The van der Waals surface area contributed by atoms with E-state index in [1.54, 1.807) is 0 Å². The fraction of sp³-hybridized carbons (Fsp3) is 0.538. The van der Waals surface area contributed by atoms with Crippen LogP contribution in [0.5, 0.6) is 0 Å². The van der Waals surface area contributed by atoms with Gasteiger partial charge in [-0.2, -0.15) is 0 Å². The normalized spacial score (nSPS) is 11.0. The average Bonchev–Trinajstić information content (AvgIpc) is 2.20. The highest BCUT2D eigenvalue weighted by atomic mass is 35.5. The maximum Gasteiger partial charge on any atom is 0.0451 e. The fourth-order valence-electron chi connectivity index (χ4n) is 1.49. The molecule has 0 aliphatic rings. The average molecular weight is 226 g/mol. The molecule has 0 heterocycles. The zero-order valence-corrected chi connectivity index (χ0v) is 10.6. The lowest BCUT2D eigenvalue weighted by Crippen LogP contribution is -2.14. The molecule has 1 rings (SSSR count). The molecule has 0 amide bonds. The van der Waals surface area contributed by atoms with E-state index in [1.807, 2.05) is 6.07 Å². The SMILES string of the molecule is CCCNCc1cc(C(C)C)ccc1Cl. The van der Waals surface area contributed by atoms with Crippen LogP contribution in [0, 0.1) is 0 Å². The van der Waals surface area contributed by atoms with E-state index in [9.17, 15) is 0 Å². The summed E-state index contributed by atoms with van der Waals surface area (Å²) in [6.07, 6.45) is 1.15. The van der Waals surface area contributed by atoms with Crippen LogP contribution >= 0.6 is 11.6 Å². The van der Waals surface area contributed by atoms with Gasteiger partial charge in [0, 0.05) is 11.6 Å². The van der Waals surface area contributed by atoms with Crippen molar-refractivity contribution in [3.63, 3.8) is 0 Å². The third-order valence-electron chi connectivity index (χ3n) is 2.48. The summed E-state index contributed by atoms with van der Waals surface area (Å²) in [4.78, 5) is 0. The summed E-state index contributed by atoms with van der Waals surface area (Å²) in [7, 11) is 0. The van der Waals surface area contributed by atoms with Crippen molar-refractivity contribution in [2.75, 3.05) is 6.54 Å². The Morgan fingerprint density at radius 2 is 2.07 bits per heavy atom. The van der Waals surface area contributed by atoms with Gasteiger partial charge in [0.15, 0.2) is 0 Å². The summed E-state index contributed by atoms with van der Waals surface area (Å²) in [6.45, 7) is 8.48. The van der Waals surface area contributed by atoms with Gasteiger partial charge in [0.25, 0.3) is 0 Å². The molecule has 0 unspecified atom stereocenters. The summed E-state index contributed by atoms with van der Waals surface area (Å²) in [5.74, 6) is 0.562. The van der Waals surface area contributed by atoms with Crippen molar-refractivity contribution in [1.29, 1.82) is 0 Å². The van der Waals surface area contributed by atoms with Gasteiger partial charge in [-0.05, 0) is 36.1 Å². The highest BCUT2D eigenvalue weighted by Gasteiger charge is 2.04. The van der Waals surface area contributed by atoms with Gasteiger partial charge < -0.3 is 5.32 Å². The van der Waals surface area contributed by atoms with E-state index < -0.39 is 0 Å². The topological polar surface area (TPSA) is 12.0 Å². The molecule has 0 saturated carbocycles. The summed E-state index contributed by atoms with van der Waals surface area (Å²) in [6, 6.07) is 6.31. The molecule has 1 N–H and O–H groups in total. The standard InChI is InChI=1S/C13H20ClN/c1-4-7-15-9-12-8-11(10(2)3)5-6-13(12)14/h5-6,8,10,15H,4,7,9H2,1-3H3. The highest BCUT2D eigenvalue weighted by molar-refractivity contribution is 6.31. The Kier molecular flexibility index (Phi) is 5.13. The summed E-state index contributed by atoms with van der Waals surface area (Å²) in [5.41, 5.74) is 2.56. The van der Waals surface area contributed by atoms with Crippen molar-refractivity contribution in [3.05, 3.63) is 34.3 Å². The number of hydrogen-bond acceptors (Lipinski definition) is 1. The Hall–Kier alpha value is -0.530. The third kappa shape index (κ3) is 3.84. The van der Waals surface area contributed by atoms with Crippen molar-refractivity contribution < 1.29 is 0 Å². The summed E-state index contributed by atoms with van der Waals surface area (Å²) < 4.78 is 0. The third-order valence-corrected chi connectivity index (χ3v) is 2.85. The van der Waals surface area contributed by atoms with Crippen LogP contribution in [0.1, 0.15) is 44.2 Å². The van der Waals surface area contributed by atoms with Crippen molar-refractivity contribution in [2.45, 2.75) is 39.7 Å². The molecule has 2 heteroatoms. The fourth-order valence-corrected chi connectivity index (χ4v) is 1.67. The van der Waals surface area contributed by atoms with E-state index in [1.165, 1.54) is 11.1 Å². The number of nitrogens with one attached hydrogen (secondary N) is 1. The minimum Gasteiger partial charge on any atom is -0.313 e. The molecule has 84 valence electrons. The van der Waals surface area contributed by atoms with Crippen LogP contribution in [-0.4, -0.2) is 6.54 Å². The maximum absolute atomic E-state index is 6.14. The number of benzene rings is 1. The van der Waals surface area contributed by atoms with E-state index in [2.05, 4.69) is 38.2 Å². The molecule has 0 aliphatic heterocycles. The lowest BCUT2D eigenvalue weighted by atomic mass is 10.0. The van der Waals surface area contributed by atoms with Crippen LogP contribution in [0.25, 0.3) is 0 Å². The van der Waals surface area contributed by atoms with E-state index in [0.29, 0.717) is 5.92 Å². The first-order valence-corrected chi connectivity index (χ1v) is 6.02. The van der Waals surface area contributed by atoms with Gasteiger partial charge in [-0.3, -0.25) is 0 Å². The molecule has 0 saturated heterocycles. The molecule has 0 atom stereocenters. The van der Waals surface area contributed by atoms with Crippen LogP contribution in [0.4, 0.5) is 0 Å². The minimum atomic E-state index is 0.562. The minimum absolute atomic E-state index is 0.562. The predicted octanol–water partition coefficient (Wildman–Crippen LogP) is 3.96. The van der Waals surface area contributed by atoms with E-state index in [-0.39, 0.29) is 0 Å². The van der Waals surface area contributed by atoms with Gasteiger partial charge >= 0.3 is 0 Å². The van der Waals surface area contributed by atoms with Gasteiger partial charge in [0.2, 0.25) is 0 Å². The Bertz CT molecular complexity index is 307. The number of rotatable bonds is 5. The molecule has 0 fully saturated rings. The Labute approximate surface area is 97.8 Å². The molecule has 0 bridgehead atoms. The molecular formula is C13H20ClN. The molecule has 0 aliphatic carbocycles. The monoisotopic (exact) mass is 225 g/mol. The van der Waals surface area contributed by atoms with Crippen molar-refractivity contribution in [1.82, 2.24) is 5.32 Å². The number of halogens is 1. The van der Waals surface area contributed by atoms with Crippen LogP contribution in [0.3, 0.4) is 0 Å². The van der Waals surface area contributed by atoms with E-state index in [0.717, 1.165) is 24.5 Å². The van der Waals surface area contributed by atoms with Crippen LogP contribution in [0.2, 0.25) is 5.02 Å². The molecule has 0 aromatic heterocycles. The van der Waals surface area contributed by atoms with E-state index >= 15 is 0 Å². The lowest BCUT2D eigenvalue weighted by Gasteiger charge is -2.10. The van der Waals surface area contributed by atoms with Gasteiger partial charge in [-0.25, -0.2) is 0 Å². The Balaban J connectivity index is 2.72. The zero-order chi connectivity index (χ0) is 11.3. The Morgan fingerprint density at radius 3 is 2.67 bits per heavy atom. The molecule has 0 radical (unpaired) electrons. The second-order valence-electron chi connectivity index (χ2n) is 4.18. The van der Waals surface area contributed by atoms with Gasteiger partial charge in [-0.15, -0.1) is 0 Å². The first-order chi connectivity index (χ1) is 7.15. The van der Waals surface area contributed by atoms with E-state index in [4.69, 9.17) is 11.6 Å². The zero-order valence-electron chi connectivity index (χ0n) is 9.81. The highest BCUT2D eigenvalue weighted by Crippen LogP contribution is 2.22. The van der Waals surface area contributed by atoms with Crippen LogP contribution in [-0.2, 0) is 6.54 Å². The molecule has 1 nitrogen and oxygen atoms in total. The smallest absolute Gasteiger partial charge is 0.0451 e. The molecule has 15 heavy (non-hydrogen) atoms. The second kappa shape index (κ2) is 6.14. The molecule has 1 aromatic carbocycles. The van der Waals surface area contributed by atoms with Gasteiger partial charge in [-0.1, -0.05) is 44.5 Å². The summed E-state index contributed by atoms with van der Waals surface area (Å²) >= 11 is 6.14. The van der Waals surface area contributed by atoms with Crippen molar-refractivity contribution in [2.24, 2.45) is 0 Å². The van der Waals surface area contributed by atoms with Crippen molar-refractivity contribution >= 4 is 11.6 Å². The largest absolute Gasteiger partial charge is 0.313 e. The molecular weight excluding hydrogens is 206 g/mol. The van der Waals surface area contributed by atoms with Gasteiger partial charge in [0.1, 0.15) is 0 Å². The quantitative estimate of drug-likeness (QED) is 0.748. The molecule has 0 spiro atoms. The van der Waals surface area contributed by atoms with Crippen LogP contribution < -0.4 is 5.32 Å². The second-order valence-corrected chi connectivity index (χ2v) is 4.59. The lowest BCUT2D eigenvalue weighted by molar-refractivity contribution is 0.674. The molecule has 1 aromatic rings. The van der Waals surface area contributed by atoms with Crippen molar-refractivity contribution in [3.8, 4) is 0 Å². The Morgan fingerprint density at radius 1 is 1.33 bits per heavy atom. The maximum atomic E-state index is 6.14. The van der Waals surface area contributed by atoms with Crippen LogP contribution in [0.15, 0.2) is 18.2 Å². The van der Waals surface area contributed by atoms with Gasteiger partial charge in [0.05, 0.1) is 0 Å². The predicted molar refractivity (Wildman–Crippen MR) is 67.5 cm³/mol. The number of hydrogen-bond donors (Lipinski definition) is 1.